The van der Waals surface area contributed by atoms with E-state index in [1.54, 1.807) is 23.9 Å². The van der Waals surface area contributed by atoms with Crippen LogP contribution in [-0.4, -0.2) is 15.8 Å². The Morgan fingerprint density at radius 2 is 2.00 bits per heavy atom. The van der Waals surface area contributed by atoms with Gasteiger partial charge in [-0.1, -0.05) is 0 Å². The normalized spacial score (nSPS) is 10.5. The molecule has 0 aliphatic heterocycles. The van der Waals surface area contributed by atoms with E-state index in [1.807, 2.05) is 18.4 Å². The number of halogens is 1. The number of hydrogen-bond donors (Lipinski definition) is 1. The van der Waals surface area contributed by atoms with Crippen LogP contribution in [0.2, 0.25) is 0 Å². The molecule has 0 saturated heterocycles. The van der Waals surface area contributed by atoms with Crippen molar-refractivity contribution in [1.82, 2.24) is 9.55 Å². The monoisotopic (exact) mass is 251 g/mol. The van der Waals surface area contributed by atoms with Crippen LogP contribution in [0.1, 0.15) is 0 Å². The van der Waals surface area contributed by atoms with Gasteiger partial charge in [-0.2, -0.15) is 4.98 Å². The zero-order valence-corrected chi connectivity index (χ0v) is 9.87. The zero-order valence-electron chi connectivity index (χ0n) is 9.05. The molecule has 0 radical (unpaired) electrons. The van der Waals surface area contributed by atoms with E-state index < -0.39 is 11.5 Å². The molecule has 0 aliphatic carbocycles. The number of hydrogen-bond acceptors (Lipinski definition) is 4. The molecule has 1 heterocycles. The SMILES string of the molecule is CSc1ccc(-n2cc(F)c(N)nc2=O)cc1. The number of aromatic nitrogens is 2. The predicted octanol–water partition coefficient (Wildman–Crippen LogP) is 1.68. The molecule has 17 heavy (non-hydrogen) atoms. The van der Waals surface area contributed by atoms with Crippen LogP contribution in [0.25, 0.3) is 5.69 Å². The van der Waals surface area contributed by atoms with E-state index in [-0.39, 0.29) is 5.82 Å². The molecule has 0 saturated carbocycles. The molecule has 1 aromatic carbocycles. The average Bonchev–Trinajstić information content (AvgIpc) is 2.34. The first-order valence-corrected chi connectivity index (χ1v) is 6.03. The molecule has 2 aromatic rings. The summed E-state index contributed by atoms with van der Waals surface area (Å²) in [5.74, 6) is -1.09. The van der Waals surface area contributed by atoms with Gasteiger partial charge in [-0.3, -0.25) is 4.57 Å². The molecule has 6 heteroatoms. The summed E-state index contributed by atoms with van der Waals surface area (Å²) in [6, 6.07) is 7.15. The minimum atomic E-state index is -0.710. The summed E-state index contributed by atoms with van der Waals surface area (Å²) < 4.78 is 14.4. The number of nitrogens with zero attached hydrogens (tertiary/aromatic N) is 2. The van der Waals surface area contributed by atoms with Gasteiger partial charge < -0.3 is 5.73 Å². The highest BCUT2D eigenvalue weighted by atomic mass is 32.2. The summed E-state index contributed by atoms with van der Waals surface area (Å²) in [4.78, 5) is 16.0. The van der Waals surface area contributed by atoms with E-state index in [2.05, 4.69) is 4.98 Å². The minimum Gasteiger partial charge on any atom is -0.381 e. The molecule has 88 valence electrons. The van der Waals surface area contributed by atoms with E-state index in [0.717, 1.165) is 15.7 Å². The van der Waals surface area contributed by atoms with Crippen LogP contribution in [0, 0.1) is 5.82 Å². The van der Waals surface area contributed by atoms with Crippen LogP contribution < -0.4 is 11.4 Å². The lowest BCUT2D eigenvalue weighted by molar-refractivity contribution is 0.607. The standard InChI is InChI=1S/C11H10FN3OS/c1-17-8-4-2-7(3-5-8)15-6-9(12)10(13)14-11(15)16/h2-6H,1H3,(H2,13,14,16). The van der Waals surface area contributed by atoms with Crippen molar-refractivity contribution in [1.29, 1.82) is 0 Å². The highest BCUT2D eigenvalue weighted by Gasteiger charge is 2.06. The van der Waals surface area contributed by atoms with Gasteiger partial charge >= 0.3 is 5.69 Å². The van der Waals surface area contributed by atoms with Gasteiger partial charge in [0.1, 0.15) is 0 Å². The van der Waals surface area contributed by atoms with Crippen molar-refractivity contribution in [2.75, 3.05) is 12.0 Å². The topological polar surface area (TPSA) is 60.9 Å². The molecule has 0 fully saturated rings. The highest BCUT2D eigenvalue weighted by molar-refractivity contribution is 7.98. The Morgan fingerprint density at radius 1 is 1.35 bits per heavy atom. The zero-order chi connectivity index (χ0) is 12.4. The first-order chi connectivity index (χ1) is 8.11. The number of anilines is 1. The summed E-state index contributed by atoms with van der Waals surface area (Å²) in [6.45, 7) is 0. The third kappa shape index (κ3) is 2.31. The van der Waals surface area contributed by atoms with Crippen molar-refractivity contribution in [3.63, 3.8) is 0 Å². The Kier molecular flexibility index (Phi) is 3.14. The number of benzene rings is 1. The number of nitrogens with two attached hydrogens (primary N) is 1. The molecular formula is C11H10FN3OS. The second kappa shape index (κ2) is 4.58. The van der Waals surface area contributed by atoms with Crippen LogP contribution in [-0.2, 0) is 0 Å². The lowest BCUT2D eigenvalue weighted by Gasteiger charge is -2.06. The fraction of sp³-hybridized carbons (Fsp3) is 0.0909. The Hall–Kier alpha value is -1.82. The van der Waals surface area contributed by atoms with Crippen molar-refractivity contribution >= 4 is 17.6 Å². The van der Waals surface area contributed by atoms with Crippen LogP contribution >= 0.6 is 11.8 Å². The second-order valence-corrected chi connectivity index (χ2v) is 4.20. The fourth-order valence-electron chi connectivity index (χ4n) is 1.37. The van der Waals surface area contributed by atoms with Gasteiger partial charge in [0.2, 0.25) is 0 Å². The number of thioether (sulfide) groups is 1. The lowest BCUT2D eigenvalue weighted by atomic mass is 10.3. The summed E-state index contributed by atoms with van der Waals surface area (Å²) in [5, 5.41) is 0. The van der Waals surface area contributed by atoms with Crippen LogP contribution in [0.4, 0.5) is 10.2 Å². The van der Waals surface area contributed by atoms with Crippen molar-refractivity contribution in [3.05, 3.63) is 46.8 Å². The third-order valence-corrected chi connectivity index (χ3v) is 3.00. The van der Waals surface area contributed by atoms with Crippen molar-refractivity contribution in [3.8, 4) is 5.69 Å². The molecule has 0 spiro atoms. The predicted molar refractivity (Wildman–Crippen MR) is 66.0 cm³/mol. The Morgan fingerprint density at radius 3 is 2.59 bits per heavy atom. The third-order valence-electron chi connectivity index (χ3n) is 2.26. The molecule has 0 bridgehead atoms. The van der Waals surface area contributed by atoms with Gasteiger partial charge in [-0.15, -0.1) is 11.8 Å². The van der Waals surface area contributed by atoms with E-state index in [1.165, 1.54) is 0 Å². The smallest absolute Gasteiger partial charge is 0.354 e. The van der Waals surface area contributed by atoms with Gasteiger partial charge in [0.05, 0.1) is 11.9 Å². The maximum Gasteiger partial charge on any atom is 0.354 e. The average molecular weight is 251 g/mol. The molecule has 0 atom stereocenters. The maximum absolute atomic E-state index is 13.2. The highest BCUT2D eigenvalue weighted by Crippen LogP contribution is 2.16. The van der Waals surface area contributed by atoms with Gasteiger partial charge in [0, 0.05) is 4.90 Å². The fourth-order valence-corrected chi connectivity index (χ4v) is 1.78. The van der Waals surface area contributed by atoms with Gasteiger partial charge in [-0.25, -0.2) is 9.18 Å². The number of nitrogen functional groups attached to an aromatic ring is 1. The summed E-state index contributed by atoms with van der Waals surface area (Å²) in [6.07, 6.45) is 2.99. The lowest BCUT2D eigenvalue weighted by Crippen LogP contribution is -2.23. The van der Waals surface area contributed by atoms with Crippen molar-refractivity contribution < 1.29 is 4.39 Å². The van der Waals surface area contributed by atoms with E-state index in [4.69, 9.17) is 5.73 Å². The second-order valence-electron chi connectivity index (χ2n) is 3.32. The quantitative estimate of drug-likeness (QED) is 0.825. The van der Waals surface area contributed by atoms with E-state index in [0.29, 0.717) is 5.69 Å². The van der Waals surface area contributed by atoms with Crippen molar-refractivity contribution in [2.45, 2.75) is 4.90 Å². The molecule has 2 N–H and O–H groups in total. The maximum atomic E-state index is 13.2. The van der Waals surface area contributed by atoms with Gasteiger partial charge in [-0.05, 0) is 30.5 Å². The largest absolute Gasteiger partial charge is 0.381 e. The molecular weight excluding hydrogens is 241 g/mol. The van der Waals surface area contributed by atoms with E-state index >= 15 is 0 Å². The molecule has 0 aliphatic rings. The van der Waals surface area contributed by atoms with Gasteiger partial charge in [0.15, 0.2) is 11.6 Å². The number of rotatable bonds is 2. The molecule has 1 aromatic heterocycles. The Balaban J connectivity index is 2.52. The van der Waals surface area contributed by atoms with Crippen LogP contribution in [0.3, 0.4) is 0 Å². The molecule has 4 nitrogen and oxygen atoms in total. The summed E-state index contributed by atoms with van der Waals surface area (Å²) >= 11 is 1.59. The molecule has 0 amide bonds. The Labute approximate surface area is 101 Å². The molecule has 0 unspecified atom stereocenters. The summed E-state index contributed by atoms with van der Waals surface area (Å²) in [5.41, 5.74) is 5.17. The minimum absolute atomic E-state index is 0.382. The van der Waals surface area contributed by atoms with Crippen molar-refractivity contribution in [2.24, 2.45) is 0 Å². The first kappa shape index (κ1) is 11.7. The first-order valence-electron chi connectivity index (χ1n) is 4.81. The Bertz CT molecular complexity index is 595. The summed E-state index contributed by atoms with van der Waals surface area (Å²) in [7, 11) is 0. The van der Waals surface area contributed by atoms with Gasteiger partial charge in [0.25, 0.3) is 0 Å². The van der Waals surface area contributed by atoms with E-state index in [9.17, 15) is 9.18 Å². The molecule has 2 rings (SSSR count). The van der Waals surface area contributed by atoms with Crippen LogP contribution in [0.5, 0.6) is 0 Å². The van der Waals surface area contributed by atoms with Crippen LogP contribution in [0.15, 0.2) is 40.2 Å².